The van der Waals surface area contributed by atoms with Crippen molar-refractivity contribution in [2.45, 2.75) is 0 Å². The number of hydrogen-bond donors (Lipinski definition) is 2. The molecule has 0 saturated carbocycles. The van der Waals surface area contributed by atoms with Crippen LogP contribution in [0.1, 0.15) is 10.5 Å². The molecule has 2 N–H and O–H groups in total. The highest BCUT2D eigenvalue weighted by molar-refractivity contribution is 6.33. The van der Waals surface area contributed by atoms with Gasteiger partial charge < -0.3 is 10.4 Å². The minimum atomic E-state index is -1.16. The van der Waals surface area contributed by atoms with Gasteiger partial charge in [0.15, 0.2) is 5.69 Å². The Bertz CT molecular complexity index is 589. The lowest BCUT2D eigenvalue weighted by Crippen LogP contribution is -2.02. The van der Waals surface area contributed by atoms with Gasteiger partial charge in [-0.15, -0.1) is 0 Å². The molecule has 0 atom stereocenters. The van der Waals surface area contributed by atoms with E-state index in [9.17, 15) is 9.18 Å². The van der Waals surface area contributed by atoms with Gasteiger partial charge in [-0.05, 0) is 18.2 Å². The van der Waals surface area contributed by atoms with E-state index in [-0.39, 0.29) is 10.7 Å². The molecule has 0 aliphatic rings. The van der Waals surface area contributed by atoms with Crippen LogP contribution in [-0.4, -0.2) is 21.0 Å². The molecule has 1 aromatic heterocycles. The van der Waals surface area contributed by atoms with Crippen molar-refractivity contribution in [3.63, 3.8) is 0 Å². The highest BCUT2D eigenvalue weighted by Gasteiger charge is 2.06. The van der Waals surface area contributed by atoms with E-state index in [1.54, 1.807) is 0 Å². The van der Waals surface area contributed by atoms with Gasteiger partial charge in [-0.1, -0.05) is 11.6 Å². The van der Waals surface area contributed by atoms with E-state index in [1.807, 2.05) is 0 Å². The van der Waals surface area contributed by atoms with Crippen LogP contribution in [-0.2, 0) is 0 Å². The topological polar surface area (TPSA) is 75.1 Å². The van der Waals surface area contributed by atoms with E-state index in [0.717, 1.165) is 12.3 Å². The summed E-state index contributed by atoms with van der Waals surface area (Å²) < 4.78 is 12.8. The van der Waals surface area contributed by atoms with Crippen molar-refractivity contribution in [3.8, 4) is 0 Å². The van der Waals surface area contributed by atoms with Gasteiger partial charge in [0.05, 0.1) is 23.1 Å². The van der Waals surface area contributed by atoms with Crippen LogP contribution < -0.4 is 5.32 Å². The van der Waals surface area contributed by atoms with Gasteiger partial charge in [0.2, 0.25) is 0 Å². The smallest absolute Gasteiger partial charge is 0.356 e. The lowest BCUT2D eigenvalue weighted by Gasteiger charge is -2.07. The summed E-state index contributed by atoms with van der Waals surface area (Å²) in [4.78, 5) is 18.1. The number of hydrogen-bond acceptors (Lipinski definition) is 4. The lowest BCUT2D eigenvalue weighted by atomic mass is 10.3. The number of rotatable bonds is 3. The summed E-state index contributed by atoms with van der Waals surface area (Å²) in [6, 6.07) is 3.85. The predicted molar refractivity (Wildman–Crippen MR) is 63.7 cm³/mol. The van der Waals surface area contributed by atoms with Crippen LogP contribution in [0, 0.1) is 5.82 Å². The molecule has 0 fully saturated rings. The largest absolute Gasteiger partial charge is 0.476 e. The number of halogens is 2. The monoisotopic (exact) mass is 267 g/mol. The fourth-order valence-corrected chi connectivity index (χ4v) is 1.45. The van der Waals surface area contributed by atoms with E-state index in [1.165, 1.54) is 18.3 Å². The third kappa shape index (κ3) is 2.72. The Hall–Kier alpha value is -2.21. The number of anilines is 2. The SMILES string of the molecule is O=C(O)c1cnc(Nc2ccc(F)cc2Cl)cn1. The molecular formula is C11H7ClFN3O2. The zero-order valence-corrected chi connectivity index (χ0v) is 9.65. The van der Waals surface area contributed by atoms with Gasteiger partial charge in [-0.3, -0.25) is 0 Å². The lowest BCUT2D eigenvalue weighted by molar-refractivity contribution is 0.0690. The van der Waals surface area contributed by atoms with Crippen molar-refractivity contribution >= 4 is 29.1 Å². The first-order chi connectivity index (χ1) is 8.56. The molecule has 0 unspecified atom stereocenters. The van der Waals surface area contributed by atoms with Gasteiger partial charge >= 0.3 is 5.97 Å². The highest BCUT2D eigenvalue weighted by Crippen LogP contribution is 2.24. The Balaban J connectivity index is 2.21. The molecule has 1 aromatic carbocycles. The van der Waals surface area contributed by atoms with Gasteiger partial charge in [0, 0.05) is 0 Å². The molecule has 2 aromatic rings. The Labute approximate surface area is 106 Å². The molecule has 0 bridgehead atoms. The van der Waals surface area contributed by atoms with E-state index in [2.05, 4.69) is 15.3 Å². The zero-order valence-electron chi connectivity index (χ0n) is 8.89. The molecule has 0 saturated heterocycles. The zero-order chi connectivity index (χ0) is 13.1. The van der Waals surface area contributed by atoms with Crippen LogP contribution in [0.25, 0.3) is 0 Å². The maximum atomic E-state index is 12.8. The fourth-order valence-electron chi connectivity index (χ4n) is 1.23. The summed E-state index contributed by atoms with van der Waals surface area (Å²) >= 11 is 5.82. The van der Waals surface area contributed by atoms with Crippen LogP contribution in [0.2, 0.25) is 5.02 Å². The number of carboxylic acids is 1. The number of nitrogens with zero attached hydrogens (tertiary/aromatic N) is 2. The van der Waals surface area contributed by atoms with Crippen molar-refractivity contribution in [3.05, 3.63) is 47.1 Å². The minimum Gasteiger partial charge on any atom is -0.476 e. The van der Waals surface area contributed by atoms with Crippen LogP contribution in [0.4, 0.5) is 15.9 Å². The number of aromatic nitrogens is 2. The Morgan fingerprint density at radius 1 is 1.33 bits per heavy atom. The van der Waals surface area contributed by atoms with Crippen molar-refractivity contribution in [2.75, 3.05) is 5.32 Å². The number of carbonyl (C=O) groups is 1. The molecule has 0 radical (unpaired) electrons. The van der Waals surface area contributed by atoms with Crippen LogP contribution in [0.15, 0.2) is 30.6 Å². The molecule has 0 aliphatic carbocycles. The average Bonchev–Trinajstić information content (AvgIpc) is 2.33. The van der Waals surface area contributed by atoms with Gasteiger partial charge in [-0.25, -0.2) is 19.2 Å². The van der Waals surface area contributed by atoms with E-state index in [4.69, 9.17) is 16.7 Å². The van der Waals surface area contributed by atoms with Gasteiger partial charge in [-0.2, -0.15) is 0 Å². The predicted octanol–water partition coefficient (Wildman–Crippen LogP) is 2.71. The second-order valence-electron chi connectivity index (χ2n) is 3.34. The third-order valence-electron chi connectivity index (χ3n) is 2.06. The normalized spacial score (nSPS) is 10.1. The molecular weight excluding hydrogens is 261 g/mol. The fraction of sp³-hybridized carbons (Fsp3) is 0. The van der Waals surface area contributed by atoms with E-state index >= 15 is 0 Å². The first-order valence-corrected chi connectivity index (χ1v) is 5.21. The molecule has 2 rings (SSSR count). The van der Waals surface area contributed by atoms with Gasteiger partial charge in [0.1, 0.15) is 11.6 Å². The summed E-state index contributed by atoms with van der Waals surface area (Å²) in [5.74, 6) is -1.29. The van der Waals surface area contributed by atoms with E-state index < -0.39 is 11.8 Å². The van der Waals surface area contributed by atoms with Crippen molar-refractivity contribution < 1.29 is 14.3 Å². The van der Waals surface area contributed by atoms with Gasteiger partial charge in [0.25, 0.3) is 0 Å². The molecule has 1 heterocycles. The number of carboxylic acid groups (broad SMARTS) is 1. The molecule has 0 amide bonds. The summed E-state index contributed by atoms with van der Waals surface area (Å²) in [5.41, 5.74) is 0.293. The number of nitrogens with one attached hydrogen (secondary N) is 1. The average molecular weight is 268 g/mol. The molecule has 92 valence electrons. The summed E-state index contributed by atoms with van der Waals surface area (Å²) in [6.45, 7) is 0. The van der Waals surface area contributed by atoms with E-state index in [0.29, 0.717) is 11.5 Å². The van der Waals surface area contributed by atoms with Crippen molar-refractivity contribution in [2.24, 2.45) is 0 Å². The maximum absolute atomic E-state index is 12.8. The second-order valence-corrected chi connectivity index (χ2v) is 3.75. The minimum absolute atomic E-state index is 0.161. The summed E-state index contributed by atoms with van der Waals surface area (Å²) in [5, 5.41) is 11.6. The molecule has 5 nitrogen and oxygen atoms in total. The molecule has 0 spiro atoms. The molecule has 0 aliphatic heterocycles. The third-order valence-corrected chi connectivity index (χ3v) is 2.38. The maximum Gasteiger partial charge on any atom is 0.356 e. The summed E-state index contributed by atoms with van der Waals surface area (Å²) in [6.07, 6.45) is 2.37. The first-order valence-electron chi connectivity index (χ1n) is 4.83. The van der Waals surface area contributed by atoms with Crippen molar-refractivity contribution in [1.29, 1.82) is 0 Å². The quantitative estimate of drug-likeness (QED) is 0.894. The van der Waals surface area contributed by atoms with Crippen molar-refractivity contribution in [1.82, 2.24) is 9.97 Å². The van der Waals surface area contributed by atoms with Crippen LogP contribution >= 0.6 is 11.6 Å². The molecule has 18 heavy (non-hydrogen) atoms. The van der Waals surface area contributed by atoms with Crippen LogP contribution in [0.3, 0.4) is 0 Å². The highest BCUT2D eigenvalue weighted by atomic mass is 35.5. The Morgan fingerprint density at radius 3 is 2.67 bits per heavy atom. The number of benzene rings is 1. The first kappa shape index (κ1) is 12.3. The standard InChI is InChI=1S/C11H7ClFN3O2/c12-7-3-6(13)1-2-8(7)16-10-5-14-9(4-15-10)11(17)18/h1-5H,(H,15,16)(H,17,18). The molecule has 7 heteroatoms. The number of aromatic carboxylic acids is 1. The summed E-state index contributed by atoms with van der Waals surface area (Å²) in [7, 11) is 0. The Morgan fingerprint density at radius 2 is 2.11 bits per heavy atom. The Kier molecular flexibility index (Phi) is 3.38. The second kappa shape index (κ2) is 4.97. The van der Waals surface area contributed by atoms with Crippen LogP contribution in [0.5, 0.6) is 0 Å².